The molecule has 1 aromatic rings. The van der Waals surface area contributed by atoms with Crippen LogP contribution in [0.15, 0.2) is 16.6 Å². The molecule has 0 bridgehead atoms. The monoisotopic (exact) mass is 258 g/mol. The minimum atomic E-state index is -1.06. The number of benzene rings is 1. The molecule has 4 nitrogen and oxygen atoms in total. The van der Waals surface area contributed by atoms with Crippen molar-refractivity contribution in [1.29, 1.82) is 0 Å². The predicted octanol–water partition coefficient (Wildman–Crippen LogP) is 1.59. The van der Waals surface area contributed by atoms with E-state index in [0.717, 1.165) is 0 Å². The Hall–Kier alpha value is -1.36. The van der Waals surface area contributed by atoms with E-state index in [1.165, 1.54) is 12.1 Å². The first-order chi connectivity index (χ1) is 6.54. The minimum absolute atomic E-state index is 0.0793. The summed E-state index contributed by atoms with van der Waals surface area (Å²) in [7, 11) is 0. The molecule has 0 spiro atoms. The number of carboxylic acid groups (broad SMARTS) is 1. The van der Waals surface area contributed by atoms with Gasteiger partial charge in [-0.05, 0) is 12.1 Å². The van der Waals surface area contributed by atoms with Gasteiger partial charge in [0.1, 0.15) is 5.75 Å². The summed E-state index contributed by atoms with van der Waals surface area (Å²) in [5.74, 6) is -1.33. The van der Waals surface area contributed by atoms with Gasteiger partial charge in [0.15, 0.2) is 6.29 Å². The molecule has 0 amide bonds. The number of carboxylic acids is 1. The second kappa shape index (κ2) is 4.23. The van der Waals surface area contributed by atoms with Crippen molar-refractivity contribution in [3.05, 3.63) is 27.7 Å². The molecule has 74 valence electrons. The average molecular weight is 259 g/mol. The molecule has 0 heterocycles. The van der Waals surface area contributed by atoms with Crippen molar-refractivity contribution in [2.75, 3.05) is 0 Å². The Morgan fingerprint density at radius 1 is 1.50 bits per heavy atom. The number of halogens is 1. The maximum atomic E-state index is 10.5. The van der Waals surface area contributed by atoms with Crippen LogP contribution in [0.4, 0.5) is 0 Å². The van der Waals surface area contributed by atoms with Crippen LogP contribution in [0.1, 0.15) is 15.9 Å². The summed E-state index contributed by atoms with van der Waals surface area (Å²) >= 11 is 3.11. The Bertz CT molecular complexity index is 387. The molecule has 0 saturated carbocycles. The SMILES string of the molecule is O=Cc1cc(Br)cc(CC(=O)O)c1O. The van der Waals surface area contributed by atoms with Crippen molar-refractivity contribution < 1.29 is 19.8 Å². The Kier molecular flexibility index (Phi) is 3.24. The van der Waals surface area contributed by atoms with Crippen LogP contribution in [0.5, 0.6) is 5.75 Å². The van der Waals surface area contributed by atoms with Gasteiger partial charge in [0.25, 0.3) is 0 Å². The van der Waals surface area contributed by atoms with Crippen LogP contribution >= 0.6 is 15.9 Å². The van der Waals surface area contributed by atoms with Crippen molar-refractivity contribution in [2.45, 2.75) is 6.42 Å². The first-order valence-electron chi connectivity index (χ1n) is 3.73. The van der Waals surface area contributed by atoms with Gasteiger partial charge in [0.05, 0.1) is 12.0 Å². The fourth-order valence-corrected chi connectivity index (χ4v) is 1.59. The fraction of sp³-hybridized carbons (Fsp3) is 0.111. The van der Waals surface area contributed by atoms with Gasteiger partial charge in [-0.3, -0.25) is 9.59 Å². The number of aldehydes is 1. The van der Waals surface area contributed by atoms with E-state index in [9.17, 15) is 14.7 Å². The molecule has 1 aromatic carbocycles. The number of carbonyl (C=O) groups excluding carboxylic acids is 1. The summed E-state index contributed by atoms with van der Waals surface area (Å²) in [6, 6.07) is 2.89. The van der Waals surface area contributed by atoms with Crippen molar-refractivity contribution in [1.82, 2.24) is 0 Å². The highest BCUT2D eigenvalue weighted by Gasteiger charge is 2.11. The molecule has 0 saturated heterocycles. The molecule has 0 fully saturated rings. The van der Waals surface area contributed by atoms with Gasteiger partial charge in [-0.15, -0.1) is 0 Å². The molecule has 14 heavy (non-hydrogen) atoms. The standard InChI is InChI=1S/C9H7BrO4/c10-7-1-5(3-8(12)13)9(14)6(2-7)4-11/h1-2,4,14H,3H2,(H,12,13). The Morgan fingerprint density at radius 2 is 2.14 bits per heavy atom. The Labute approximate surface area is 88.3 Å². The molecule has 0 atom stereocenters. The Balaban J connectivity index is 3.21. The minimum Gasteiger partial charge on any atom is -0.507 e. The topological polar surface area (TPSA) is 74.6 Å². The quantitative estimate of drug-likeness (QED) is 0.808. The van der Waals surface area contributed by atoms with Gasteiger partial charge < -0.3 is 10.2 Å². The van der Waals surface area contributed by atoms with E-state index in [1.54, 1.807) is 0 Å². The van der Waals surface area contributed by atoms with Crippen molar-refractivity contribution in [2.24, 2.45) is 0 Å². The van der Waals surface area contributed by atoms with E-state index in [0.29, 0.717) is 10.8 Å². The average Bonchev–Trinajstić information content (AvgIpc) is 2.09. The summed E-state index contributed by atoms with van der Waals surface area (Å²) in [5, 5.41) is 18.0. The van der Waals surface area contributed by atoms with Crippen LogP contribution < -0.4 is 0 Å². The van der Waals surface area contributed by atoms with Crippen molar-refractivity contribution >= 4 is 28.2 Å². The smallest absolute Gasteiger partial charge is 0.307 e. The first kappa shape index (κ1) is 10.7. The number of phenolic OH excluding ortho intramolecular Hbond substituents is 1. The van der Waals surface area contributed by atoms with Crippen LogP contribution in [0, 0.1) is 0 Å². The number of rotatable bonds is 3. The lowest BCUT2D eigenvalue weighted by Gasteiger charge is -2.04. The highest BCUT2D eigenvalue weighted by molar-refractivity contribution is 9.10. The lowest BCUT2D eigenvalue weighted by molar-refractivity contribution is -0.136. The van der Waals surface area contributed by atoms with Gasteiger partial charge in [-0.2, -0.15) is 0 Å². The lowest BCUT2D eigenvalue weighted by Crippen LogP contribution is -2.01. The number of aliphatic carboxylic acids is 1. The van der Waals surface area contributed by atoms with E-state index >= 15 is 0 Å². The van der Waals surface area contributed by atoms with Gasteiger partial charge in [0, 0.05) is 10.0 Å². The summed E-state index contributed by atoms with van der Waals surface area (Å²) in [6.45, 7) is 0. The number of carbonyl (C=O) groups is 2. The highest BCUT2D eigenvalue weighted by atomic mass is 79.9. The highest BCUT2D eigenvalue weighted by Crippen LogP contribution is 2.26. The van der Waals surface area contributed by atoms with Crippen LogP contribution in [0.2, 0.25) is 0 Å². The predicted molar refractivity (Wildman–Crippen MR) is 52.5 cm³/mol. The summed E-state index contributed by atoms with van der Waals surface area (Å²) in [5.41, 5.74) is 0.296. The molecule has 2 N–H and O–H groups in total. The number of aromatic hydroxyl groups is 1. The molecule has 5 heteroatoms. The van der Waals surface area contributed by atoms with E-state index < -0.39 is 5.97 Å². The summed E-state index contributed by atoms with van der Waals surface area (Å²) in [4.78, 5) is 20.9. The second-order valence-corrected chi connectivity index (χ2v) is 3.61. The number of phenols is 1. The van der Waals surface area contributed by atoms with E-state index in [-0.39, 0.29) is 23.3 Å². The van der Waals surface area contributed by atoms with Crippen LogP contribution in [0.3, 0.4) is 0 Å². The van der Waals surface area contributed by atoms with Crippen LogP contribution in [0.25, 0.3) is 0 Å². The van der Waals surface area contributed by atoms with Crippen molar-refractivity contribution in [3.63, 3.8) is 0 Å². The maximum Gasteiger partial charge on any atom is 0.307 e. The lowest BCUT2D eigenvalue weighted by atomic mass is 10.1. The van der Waals surface area contributed by atoms with Gasteiger partial charge in [-0.25, -0.2) is 0 Å². The fourth-order valence-electron chi connectivity index (χ4n) is 1.07. The molecule has 0 radical (unpaired) electrons. The van der Waals surface area contributed by atoms with Crippen molar-refractivity contribution in [3.8, 4) is 5.75 Å². The third-order valence-corrected chi connectivity index (χ3v) is 2.11. The largest absolute Gasteiger partial charge is 0.507 e. The molecule has 1 rings (SSSR count). The molecule has 0 aliphatic carbocycles. The van der Waals surface area contributed by atoms with Gasteiger partial charge in [-0.1, -0.05) is 15.9 Å². The number of hydrogen-bond acceptors (Lipinski definition) is 3. The first-order valence-corrected chi connectivity index (χ1v) is 4.52. The molecule has 0 aliphatic heterocycles. The zero-order chi connectivity index (χ0) is 10.7. The summed E-state index contributed by atoms with van der Waals surface area (Å²) in [6.07, 6.45) is 0.164. The molecule has 0 unspecified atom stereocenters. The van der Waals surface area contributed by atoms with Gasteiger partial charge >= 0.3 is 5.97 Å². The molecule has 0 aromatic heterocycles. The van der Waals surface area contributed by atoms with E-state index in [2.05, 4.69) is 15.9 Å². The third-order valence-electron chi connectivity index (χ3n) is 1.65. The van der Waals surface area contributed by atoms with Crippen LogP contribution in [-0.2, 0) is 11.2 Å². The van der Waals surface area contributed by atoms with Crippen LogP contribution in [-0.4, -0.2) is 22.5 Å². The van der Waals surface area contributed by atoms with Gasteiger partial charge in [0.2, 0.25) is 0 Å². The number of hydrogen-bond donors (Lipinski definition) is 2. The zero-order valence-corrected chi connectivity index (χ0v) is 8.61. The molecular formula is C9H7BrO4. The zero-order valence-electron chi connectivity index (χ0n) is 7.03. The third kappa shape index (κ3) is 2.32. The van der Waals surface area contributed by atoms with E-state index in [4.69, 9.17) is 5.11 Å². The summed E-state index contributed by atoms with van der Waals surface area (Å²) < 4.78 is 0.564. The molecule has 0 aliphatic rings. The Morgan fingerprint density at radius 3 is 2.64 bits per heavy atom. The molecular weight excluding hydrogens is 252 g/mol. The normalized spacial score (nSPS) is 9.79. The second-order valence-electron chi connectivity index (χ2n) is 2.69. The maximum absolute atomic E-state index is 10.5. The van der Waals surface area contributed by atoms with E-state index in [1.807, 2.05) is 0 Å².